The van der Waals surface area contributed by atoms with Crippen molar-refractivity contribution >= 4 is 11.6 Å². The first-order chi connectivity index (χ1) is 7.88. The summed E-state index contributed by atoms with van der Waals surface area (Å²) in [4.78, 5) is 0. The second-order valence-electron chi connectivity index (χ2n) is 3.53. The lowest BCUT2D eigenvalue weighted by Crippen LogP contribution is -2.26. The van der Waals surface area contributed by atoms with Gasteiger partial charge in [0.25, 0.3) is 0 Å². The molecule has 0 heterocycles. The maximum absolute atomic E-state index is 11.7. The maximum Gasteiger partial charge on any atom is 0.522 e. The minimum atomic E-state index is -4.57. The first-order valence-corrected chi connectivity index (χ1v) is 5.46. The van der Waals surface area contributed by atoms with Gasteiger partial charge < -0.3 is 5.32 Å². The molecule has 0 radical (unpaired) electrons. The van der Waals surface area contributed by atoms with E-state index in [2.05, 4.69) is 10.1 Å². The number of alkyl halides is 3. The van der Waals surface area contributed by atoms with Gasteiger partial charge in [0.05, 0.1) is 6.61 Å². The molecular weight excluding hydrogens is 255 g/mol. The summed E-state index contributed by atoms with van der Waals surface area (Å²) in [5.41, 5.74) is 0.921. The average Bonchev–Trinajstić information content (AvgIpc) is 2.23. The topological polar surface area (TPSA) is 21.3 Å². The van der Waals surface area contributed by atoms with Crippen LogP contribution in [0.4, 0.5) is 13.2 Å². The van der Waals surface area contributed by atoms with Gasteiger partial charge in [-0.15, -0.1) is 13.2 Å². The van der Waals surface area contributed by atoms with Crippen molar-refractivity contribution < 1.29 is 17.9 Å². The van der Waals surface area contributed by atoms with E-state index in [4.69, 9.17) is 11.6 Å². The lowest BCUT2D eigenvalue weighted by molar-refractivity contribution is -0.323. The highest BCUT2D eigenvalue weighted by molar-refractivity contribution is 6.30. The van der Waals surface area contributed by atoms with Crippen molar-refractivity contribution in [1.82, 2.24) is 5.32 Å². The summed E-state index contributed by atoms with van der Waals surface area (Å²) in [6, 6.07) is 7.08. The molecule has 1 N–H and O–H groups in total. The number of halogens is 4. The van der Waals surface area contributed by atoms with E-state index >= 15 is 0 Å². The number of ether oxygens (including phenoxy) is 1. The molecule has 0 aliphatic carbocycles. The highest BCUT2D eigenvalue weighted by atomic mass is 35.5. The number of nitrogens with one attached hydrogen (secondary N) is 1. The van der Waals surface area contributed by atoms with Crippen LogP contribution >= 0.6 is 11.6 Å². The highest BCUT2D eigenvalue weighted by Gasteiger charge is 2.28. The van der Waals surface area contributed by atoms with Crippen LogP contribution in [0.25, 0.3) is 0 Å². The van der Waals surface area contributed by atoms with Gasteiger partial charge in [0.2, 0.25) is 0 Å². The standard InChI is InChI=1S/C11H13ClF3NO/c1-8(9-3-2-4-10(12)7-9)16-5-6-17-11(13,14)15/h2-4,7-8,16H,5-6H2,1H3/t8-/m0/s1. The quantitative estimate of drug-likeness (QED) is 0.824. The fourth-order valence-electron chi connectivity index (χ4n) is 1.34. The normalized spacial score (nSPS) is 13.7. The molecule has 96 valence electrons. The van der Waals surface area contributed by atoms with E-state index in [0.29, 0.717) is 5.02 Å². The Morgan fingerprint density at radius 3 is 2.71 bits per heavy atom. The monoisotopic (exact) mass is 267 g/mol. The molecule has 17 heavy (non-hydrogen) atoms. The number of hydrogen-bond acceptors (Lipinski definition) is 2. The zero-order chi connectivity index (χ0) is 12.9. The van der Waals surface area contributed by atoms with Crippen LogP contribution in [0, 0.1) is 0 Å². The van der Waals surface area contributed by atoms with E-state index in [0.717, 1.165) is 5.56 Å². The van der Waals surface area contributed by atoms with Crippen LogP contribution < -0.4 is 5.32 Å². The fraction of sp³-hybridized carbons (Fsp3) is 0.455. The summed E-state index contributed by atoms with van der Waals surface area (Å²) in [7, 11) is 0. The molecule has 0 fully saturated rings. The van der Waals surface area contributed by atoms with E-state index in [-0.39, 0.29) is 12.6 Å². The van der Waals surface area contributed by atoms with Crippen molar-refractivity contribution in [2.75, 3.05) is 13.2 Å². The van der Waals surface area contributed by atoms with Gasteiger partial charge in [0, 0.05) is 17.6 Å². The van der Waals surface area contributed by atoms with E-state index in [1.807, 2.05) is 13.0 Å². The molecule has 0 saturated heterocycles. The van der Waals surface area contributed by atoms with Gasteiger partial charge in [0.15, 0.2) is 0 Å². The third-order valence-corrected chi connectivity index (χ3v) is 2.40. The van der Waals surface area contributed by atoms with Crippen LogP contribution in [0.2, 0.25) is 5.02 Å². The molecule has 0 aliphatic heterocycles. The summed E-state index contributed by atoms with van der Waals surface area (Å²) in [6.45, 7) is 1.56. The van der Waals surface area contributed by atoms with Gasteiger partial charge in [-0.2, -0.15) is 0 Å². The maximum atomic E-state index is 11.7. The molecule has 0 unspecified atom stereocenters. The van der Waals surface area contributed by atoms with Crippen molar-refractivity contribution in [2.45, 2.75) is 19.3 Å². The SMILES string of the molecule is C[C@H](NCCOC(F)(F)F)c1cccc(Cl)c1. The Bertz CT molecular complexity index is 357. The lowest BCUT2D eigenvalue weighted by atomic mass is 10.1. The molecule has 0 aliphatic rings. The van der Waals surface area contributed by atoms with Crippen LogP contribution in [0.3, 0.4) is 0 Å². The Labute approximate surface area is 103 Å². The zero-order valence-corrected chi connectivity index (χ0v) is 9.98. The first kappa shape index (κ1) is 14.3. The van der Waals surface area contributed by atoms with Crippen molar-refractivity contribution in [3.63, 3.8) is 0 Å². The molecule has 0 saturated carbocycles. The predicted octanol–water partition coefficient (Wildman–Crippen LogP) is 3.53. The Hall–Kier alpha value is -0.780. The van der Waals surface area contributed by atoms with Crippen molar-refractivity contribution in [3.05, 3.63) is 34.9 Å². The molecule has 0 bridgehead atoms. The zero-order valence-electron chi connectivity index (χ0n) is 9.22. The van der Waals surface area contributed by atoms with Gasteiger partial charge in [-0.3, -0.25) is 4.74 Å². The first-order valence-electron chi connectivity index (χ1n) is 5.08. The smallest absolute Gasteiger partial charge is 0.308 e. The molecule has 1 aromatic carbocycles. The highest BCUT2D eigenvalue weighted by Crippen LogP contribution is 2.18. The second kappa shape index (κ2) is 6.23. The summed E-state index contributed by atoms with van der Waals surface area (Å²) in [5, 5.41) is 3.51. The van der Waals surface area contributed by atoms with E-state index in [1.165, 1.54) is 0 Å². The third-order valence-electron chi connectivity index (χ3n) is 2.17. The van der Waals surface area contributed by atoms with Gasteiger partial charge in [0.1, 0.15) is 0 Å². The second-order valence-corrected chi connectivity index (χ2v) is 3.96. The van der Waals surface area contributed by atoms with Crippen molar-refractivity contribution in [2.24, 2.45) is 0 Å². The van der Waals surface area contributed by atoms with Crippen LogP contribution in [0.1, 0.15) is 18.5 Å². The number of rotatable bonds is 5. The third kappa shape index (κ3) is 5.91. The number of benzene rings is 1. The molecule has 0 amide bonds. The predicted molar refractivity (Wildman–Crippen MR) is 59.9 cm³/mol. The van der Waals surface area contributed by atoms with E-state index in [1.54, 1.807) is 18.2 Å². The van der Waals surface area contributed by atoms with Crippen LogP contribution in [-0.2, 0) is 4.74 Å². The molecule has 0 spiro atoms. The summed E-state index contributed by atoms with van der Waals surface area (Å²) in [5.74, 6) is 0. The molecule has 1 atom stereocenters. The average molecular weight is 268 g/mol. The van der Waals surface area contributed by atoms with Crippen molar-refractivity contribution in [1.29, 1.82) is 0 Å². The van der Waals surface area contributed by atoms with Gasteiger partial charge in [-0.05, 0) is 24.6 Å². The fourth-order valence-corrected chi connectivity index (χ4v) is 1.53. The summed E-state index contributed by atoms with van der Waals surface area (Å²) in [6.07, 6.45) is -4.57. The van der Waals surface area contributed by atoms with Crippen LogP contribution in [0.15, 0.2) is 24.3 Å². The summed E-state index contributed by atoms with van der Waals surface area (Å²) >= 11 is 5.81. The van der Waals surface area contributed by atoms with Gasteiger partial charge in [-0.25, -0.2) is 0 Å². The molecule has 2 nitrogen and oxygen atoms in total. The molecular formula is C11H13ClF3NO. The Morgan fingerprint density at radius 1 is 1.41 bits per heavy atom. The Morgan fingerprint density at radius 2 is 2.12 bits per heavy atom. The van der Waals surface area contributed by atoms with Crippen LogP contribution in [-0.4, -0.2) is 19.5 Å². The number of hydrogen-bond donors (Lipinski definition) is 1. The molecule has 1 rings (SSSR count). The van der Waals surface area contributed by atoms with Crippen LogP contribution in [0.5, 0.6) is 0 Å². The van der Waals surface area contributed by atoms with Crippen molar-refractivity contribution in [3.8, 4) is 0 Å². The van der Waals surface area contributed by atoms with E-state index in [9.17, 15) is 13.2 Å². The largest absolute Gasteiger partial charge is 0.522 e. The lowest BCUT2D eigenvalue weighted by Gasteiger charge is -2.15. The molecule has 1 aromatic rings. The Kier molecular flexibility index (Phi) is 5.24. The minimum absolute atomic E-state index is 0.0782. The Balaban J connectivity index is 2.33. The summed E-state index contributed by atoms with van der Waals surface area (Å²) < 4.78 is 38.7. The minimum Gasteiger partial charge on any atom is -0.308 e. The van der Waals surface area contributed by atoms with Gasteiger partial charge >= 0.3 is 6.36 Å². The molecule has 0 aromatic heterocycles. The van der Waals surface area contributed by atoms with E-state index < -0.39 is 13.0 Å². The molecule has 6 heteroatoms. The van der Waals surface area contributed by atoms with Gasteiger partial charge in [-0.1, -0.05) is 23.7 Å².